The molecule has 2 fully saturated rings. The molecule has 6 heterocycles. The first-order valence-corrected chi connectivity index (χ1v) is 15.8. The van der Waals surface area contributed by atoms with Gasteiger partial charge in [-0.2, -0.15) is 9.61 Å². The monoisotopic (exact) mass is 599 g/mol. The third-order valence-electron chi connectivity index (χ3n) is 8.47. The van der Waals surface area contributed by atoms with Crippen LogP contribution in [0.3, 0.4) is 0 Å². The summed E-state index contributed by atoms with van der Waals surface area (Å²) in [5.74, 6) is 0.570. The van der Waals surface area contributed by atoms with Crippen LogP contribution >= 0.6 is 0 Å². The highest BCUT2D eigenvalue weighted by atomic mass is 32.2. The largest absolute Gasteiger partial charge is 0.497 e. The molecule has 0 saturated carbocycles. The Morgan fingerprint density at radius 2 is 1.77 bits per heavy atom. The summed E-state index contributed by atoms with van der Waals surface area (Å²) in [5, 5.41) is 12.1. The maximum Gasteiger partial charge on any atom is 0.292 e. The second-order valence-electron chi connectivity index (χ2n) is 11.0. The predicted octanol–water partition coefficient (Wildman–Crippen LogP) is 3.12. The summed E-state index contributed by atoms with van der Waals surface area (Å²) >= 11 is 0. The number of methoxy groups -OCH3 is 1. The SMILES string of the molecule is COc1ccc(-c2ccc(-c3cnn4c(N)c(S(C)(=O)=O)c([C@H]5C[C@H]6CC[C@@H](C5)N6C(=O)c5nnc[nH]5)nc34)cn2)cc1. The van der Waals surface area contributed by atoms with Crippen molar-refractivity contribution in [2.45, 2.75) is 48.6 Å². The topological polar surface area (TPSA) is 174 Å². The number of hydrogen-bond donors (Lipinski definition) is 2. The number of nitrogens with two attached hydrogens (primary N) is 1. The van der Waals surface area contributed by atoms with Gasteiger partial charge in [-0.15, -0.1) is 10.2 Å². The highest BCUT2D eigenvalue weighted by Crippen LogP contribution is 2.45. The normalized spacial score (nSPS) is 20.0. The van der Waals surface area contributed by atoms with Crippen LogP contribution in [0.25, 0.3) is 28.0 Å². The zero-order valence-electron chi connectivity index (χ0n) is 23.5. The molecule has 2 bridgehead atoms. The predicted molar refractivity (Wildman–Crippen MR) is 157 cm³/mol. The van der Waals surface area contributed by atoms with Crippen LogP contribution in [0.1, 0.15) is 47.9 Å². The lowest BCUT2D eigenvalue weighted by molar-refractivity contribution is 0.0556. The second kappa shape index (κ2) is 10.2. The number of nitrogens with one attached hydrogen (secondary N) is 1. The highest BCUT2D eigenvalue weighted by molar-refractivity contribution is 7.91. The van der Waals surface area contributed by atoms with E-state index in [1.54, 1.807) is 19.5 Å². The molecule has 5 aromatic rings. The molecule has 1 amide bonds. The number of hydrogen-bond acceptors (Lipinski definition) is 10. The molecule has 2 saturated heterocycles. The van der Waals surface area contributed by atoms with E-state index >= 15 is 0 Å². The fraction of sp³-hybridized carbons (Fsp3) is 0.310. The quantitative estimate of drug-likeness (QED) is 0.295. The number of ether oxygens (including phenoxy) is 1. The van der Waals surface area contributed by atoms with Gasteiger partial charge < -0.3 is 20.4 Å². The molecule has 3 atom stereocenters. The van der Waals surface area contributed by atoms with Crippen LogP contribution < -0.4 is 10.5 Å². The van der Waals surface area contributed by atoms with Crippen molar-refractivity contribution in [2.24, 2.45) is 0 Å². The van der Waals surface area contributed by atoms with E-state index in [0.29, 0.717) is 29.7 Å². The average Bonchev–Trinajstić information content (AvgIpc) is 3.75. The number of nitrogen functional groups attached to an aromatic ring is 1. The Hall–Kier alpha value is -4.85. The number of pyridine rings is 1. The maximum atomic E-state index is 13.2. The Labute approximate surface area is 247 Å². The molecule has 0 aliphatic carbocycles. The van der Waals surface area contributed by atoms with Crippen molar-refractivity contribution < 1.29 is 17.9 Å². The van der Waals surface area contributed by atoms with Crippen molar-refractivity contribution >= 4 is 27.2 Å². The van der Waals surface area contributed by atoms with Gasteiger partial charge in [0, 0.05) is 47.1 Å². The number of carbonyl (C=O) groups is 1. The molecule has 2 aliphatic rings. The number of benzene rings is 1. The van der Waals surface area contributed by atoms with Gasteiger partial charge in [0.15, 0.2) is 15.5 Å². The molecule has 1 aromatic carbocycles. The Morgan fingerprint density at radius 3 is 2.37 bits per heavy atom. The molecule has 2 aliphatic heterocycles. The van der Waals surface area contributed by atoms with Gasteiger partial charge >= 0.3 is 0 Å². The Bertz CT molecular complexity index is 1920. The number of aromatic nitrogens is 7. The Morgan fingerprint density at radius 1 is 1.05 bits per heavy atom. The number of rotatable bonds is 6. The minimum atomic E-state index is -3.75. The fourth-order valence-corrected chi connectivity index (χ4v) is 7.59. The van der Waals surface area contributed by atoms with Crippen molar-refractivity contribution in [3.05, 3.63) is 66.6 Å². The minimum Gasteiger partial charge on any atom is -0.497 e. The number of piperidine rings is 1. The number of anilines is 1. The fourth-order valence-electron chi connectivity index (χ4n) is 6.53. The summed E-state index contributed by atoms with van der Waals surface area (Å²) in [7, 11) is -2.13. The highest BCUT2D eigenvalue weighted by Gasteiger charge is 2.46. The van der Waals surface area contributed by atoms with E-state index in [4.69, 9.17) is 15.5 Å². The van der Waals surface area contributed by atoms with E-state index < -0.39 is 9.84 Å². The number of H-pyrrole nitrogens is 1. The van der Waals surface area contributed by atoms with Gasteiger partial charge in [0.2, 0.25) is 5.82 Å². The van der Waals surface area contributed by atoms with Gasteiger partial charge in [0.05, 0.1) is 24.7 Å². The van der Waals surface area contributed by atoms with Crippen molar-refractivity contribution in [3.8, 4) is 28.1 Å². The van der Waals surface area contributed by atoms with E-state index in [9.17, 15) is 13.2 Å². The van der Waals surface area contributed by atoms with Crippen molar-refractivity contribution in [2.75, 3.05) is 19.1 Å². The lowest BCUT2D eigenvalue weighted by Gasteiger charge is -2.38. The number of carbonyl (C=O) groups excluding carboxylic acids is 1. The van der Waals surface area contributed by atoms with Gasteiger partial charge in [-0.25, -0.2) is 13.4 Å². The molecular formula is C29H29N9O4S. The van der Waals surface area contributed by atoms with Crippen LogP contribution in [0.2, 0.25) is 0 Å². The summed E-state index contributed by atoms with van der Waals surface area (Å²) in [4.78, 5) is 27.4. The molecule has 0 radical (unpaired) electrons. The number of nitrogens with zero attached hydrogens (tertiary/aromatic N) is 7. The summed E-state index contributed by atoms with van der Waals surface area (Å²) < 4.78 is 32.8. The van der Waals surface area contributed by atoms with Crippen molar-refractivity contribution in [1.29, 1.82) is 0 Å². The first-order chi connectivity index (χ1) is 20.7. The smallest absolute Gasteiger partial charge is 0.292 e. The van der Waals surface area contributed by atoms with Crippen LogP contribution in [0, 0.1) is 0 Å². The number of aromatic amines is 1. The molecule has 0 spiro atoms. The van der Waals surface area contributed by atoms with Crippen molar-refractivity contribution in [3.63, 3.8) is 0 Å². The zero-order valence-corrected chi connectivity index (χ0v) is 24.3. The van der Waals surface area contributed by atoms with Crippen LogP contribution in [-0.4, -0.2) is 79.4 Å². The van der Waals surface area contributed by atoms with E-state index in [-0.39, 0.29) is 40.4 Å². The van der Waals surface area contributed by atoms with Crippen molar-refractivity contribution in [1.82, 2.24) is 39.7 Å². The first-order valence-electron chi connectivity index (χ1n) is 13.9. The summed E-state index contributed by atoms with van der Waals surface area (Å²) in [6, 6.07) is 11.3. The molecular weight excluding hydrogens is 570 g/mol. The molecule has 13 nitrogen and oxygen atoms in total. The molecule has 220 valence electrons. The maximum absolute atomic E-state index is 13.2. The van der Waals surface area contributed by atoms with Gasteiger partial charge in [-0.05, 0) is 56.0 Å². The van der Waals surface area contributed by atoms with Gasteiger partial charge in [-0.3, -0.25) is 9.78 Å². The number of fused-ring (bicyclic) bond motifs is 3. The zero-order chi connectivity index (χ0) is 29.9. The minimum absolute atomic E-state index is 0.0120. The van der Waals surface area contributed by atoms with E-state index in [0.717, 1.165) is 41.7 Å². The molecule has 43 heavy (non-hydrogen) atoms. The third kappa shape index (κ3) is 4.58. The van der Waals surface area contributed by atoms with E-state index in [1.807, 2.05) is 41.3 Å². The van der Waals surface area contributed by atoms with E-state index in [1.165, 1.54) is 10.8 Å². The van der Waals surface area contributed by atoms with Crippen LogP contribution in [0.5, 0.6) is 5.75 Å². The molecule has 14 heteroatoms. The second-order valence-corrected chi connectivity index (χ2v) is 13.0. The standard InChI is InChI=1S/C29H29N9O4S/c1-42-21-8-3-16(4-9-21)23-10-5-17(13-31-23)22-14-34-38-26(30)25(43(2,40)41)24(35-28(22)38)18-11-19-6-7-20(12-18)37(19)29(39)27-32-15-33-36-27/h3-5,8-10,13-15,18-20H,6-7,11-12,30H2,1-2H3,(H,32,33,36)/t18-,19+,20-. The number of sulfone groups is 1. The summed E-state index contributed by atoms with van der Waals surface area (Å²) in [5.41, 5.74) is 10.6. The van der Waals surface area contributed by atoms with Crippen LogP contribution in [0.15, 0.2) is 60.0 Å². The summed E-state index contributed by atoms with van der Waals surface area (Å²) in [6.07, 6.45) is 8.64. The lowest BCUT2D eigenvalue weighted by atomic mass is 9.87. The average molecular weight is 600 g/mol. The Balaban J connectivity index is 1.26. The van der Waals surface area contributed by atoms with Gasteiger partial charge in [-0.1, -0.05) is 6.07 Å². The molecule has 4 aromatic heterocycles. The molecule has 7 rings (SSSR count). The first kappa shape index (κ1) is 27.0. The Kier molecular flexibility index (Phi) is 6.38. The van der Waals surface area contributed by atoms with Crippen LogP contribution in [-0.2, 0) is 9.84 Å². The lowest BCUT2D eigenvalue weighted by Crippen LogP contribution is -2.46. The molecule has 3 N–H and O–H groups in total. The van der Waals surface area contributed by atoms with E-state index in [2.05, 4.69) is 25.3 Å². The van der Waals surface area contributed by atoms with Crippen LogP contribution in [0.4, 0.5) is 5.82 Å². The van der Waals surface area contributed by atoms with Gasteiger partial charge in [0.25, 0.3) is 5.91 Å². The molecule has 0 unspecified atom stereocenters. The van der Waals surface area contributed by atoms with Gasteiger partial charge in [0.1, 0.15) is 22.8 Å². The summed E-state index contributed by atoms with van der Waals surface area (Å²) in [6.45, 7) is 0. The number of amides is 1. The third-order valence-corrected chi connectivity index (χ3v) is 9.63.